The molecule has 3 rings (SSSR count). The van der Waals surface area contributed by atoms with Crippen LogP contribution in [0.1, 0.15) is 15.9 Å². The summed E-state index contributed by atoms with van der Waals surface area (Å²) in [5, 5.41) is 5.27. The van der Waals surface area contributed by atoms with Gasteiger partial charge in [0.1, 0.15) is 0 Å². The summed E-state index contributed by atoms with van der Waals surface area (Å²) in [5.41, 5.74) is 2.56. The van der Waals surface area contributed by atoms with E-state index in [1.807, 2.05) is 6.07 Å². The van der Waals surface area contributed by atoms with Crippen LogP contribution < -0.4 is 14.9 Å². The van der Waals surface area contributed by atoms with Gasteiger partial charge in [0, 0.05) is 17.8 Å². The van der Waals surface area contributed by atoms with E-state index in [1.165, 1.54) is 10.6 Å². The number of nitrogens with one attached hydrogen (secondary N) is 2. The van der Waals surface area contributed by atoms with Crippen molar-refractivity contribution in [3.05, 3.63) is 59.7 Å². The first kappa shape index (κ1) is 17.9. The van der Waals surface area contributed by atoms with E-state index in [0.717, 1.165) is 5.56 Å². The average Bonchev–Trinajstić information content (AvgIpc) is 3.04. The first-order valence-corrected chi connectivity index (χ1v) is 9.93. The molecule has 0 aliphatic carbocycles. The number of benzene rings is 2. The summed E-state index contributed by atoms with van der Waals surface area (Å²) in [5.74, 6) is -0.675. The Balaban J connectivity index is 1.60. The average molecular weight is 373 g/mol. The molecule has 0 aromatic heterocycles. The fraction of sp³-hybridized carbons (Fsp3) is 0.222. The van der Waals surface area contributed by atoms with E-state index in [0.29, 0.717) is 29.9 Å². The zero-order chi connectivity index (χ0) is 18.7. The van der Waals surface area contributed by atoms with Gasteiger partial charge in [-0.15, -0.1) is 0 Å². The predicted octanol–water partition coefficient (Wildman–Crippen LogP) is 1.38. The third-order valence-corrected chi connectivity index (χ3v) is 5.24. The largest absolute Gasteiger partial charge is 0.343 e. The van der Waals surface area contributed by atoms with Crippen molar-refractivity contribution >= 4 is 33.2 Å². The molecular formula is C18H19N3O4S. The molecule has 1 aliphatic rings. The van der Waals surface area contributed by atoms with Crippen molar-refractivity contribution in [2.24, 2.45) is 0 Å². The van der Waals surface area contributed by atoms with Gasteiger partial charge in [-0.05, 0) is 42.3 Å². The molecule has 0 saturated heterocycles. The second-order valence-corrected chi connectivity index (χ2v) is 7.93. The number of sulfonamides is 1. The lowest BCUT2D eigenvalue weighted by molar-refractivity contribution is -0.115. The van der Waals surface area contributed by atoms with Gasteiger partial charge >= 0.3 is 0 Å². The minimum atomic E-state index is -3.30. The van der Waals surface area contributed by atoms with Crippen LogP contribution in [0.5, 0.6) is 0 Å². The maximum atomic E-state index is 12.0. The topological polar surface area (TPSA) is 95.6 Å². The molecule has 2 aromatic rings. The summed E-state index contributed by atoms with van der Waals surface area (Å²) in [6.45, 7) is 0.249. The molecule has 0 unspecified atom stereocenters. The van der Waals surface area contributed by atoms with E-state index in [4.69, 9.17) is 0 Å². The summed E-state index contributed by atoms with van der Waals surface area (Å²) in [6, 6.07) is 13.7. The van der Waals surface area contributed by atoms with Crippen LogP contribution in [0.3, 0.4) is 0 Å². The van der Waals surface area contributed by atoms with Gasteiger partial charge in [0.2, 0.25) is 15.9 Å². The van der Waals surface area contributed by atoms with Crippen molar-refractivity contribution < 1.29 is 18.0 Å². The summed E-state index contributed by atoms with van der Waals surface area (Å²) in [6.07, 6.45) is 1.77. The highest BCUT2D eigenvalue weighted by atomic mass is 32.2. The van der Waals surface area contributed by atoms with E-state index in [-0.39, 0.29) is 18.4 Å². The number of hydrogen-bond acceptors (Lipinski definition) is 4. The van der Waals surface area contributed by atoms with Crippen LogP contribution in [0.25, 0.3) is 0 Å². The van der Waals surface area contributed by atoms with Crippen molar-refractivity contribution in [2.45, 2.75) is 6.42 Å². The van der Waals surface area contributed by atoms with E-state index in [2.05, 4.69) is 10.6 Å². The predicted molar refractivity (Wildman–Crippen MR) is 99.7 cm³/mol. The molecule has 0 spiro atoms. The molecule has 0 radical (unpaired) electrons. The van der Waals surface area contributed by atoms with Gasteiger partial charge in [0.05, 0.1) is 18.5 Å². The quantitative estimate of drug-likeness (QED) is 0.828. The summed E-state index contributed by atoms with van der Waals surface area (Å²) in [4.78, 5) is 24.0. The number of hydrogen-bond donors (Lipinski definition) is 2. The number of nitrogens with zero attached hydrogens (tertiary/aromatic N) is 1. The lowest BCUT2D eigenvalue weighted by Gasteiger charge is -2.16. The van der Waals surface area contributed by atoms with Gasteiger partial charge < -0.3 is 10.6 Å². The van der Waals surface area contributed by atoms with E-state index < -0.39 is 10.0 Å². The molecule has 7 nitrogen and oxygen atoms in total. The van der Waals surface area contributed by atoms with Gasteiger partial charge in [0.15, 0.2) is 0 Å². The Morgan fingerprint density at radius 1 is 1.12 bits per heavy atom. The Morgan fingerprint density at radius 2 is 1.85 bits per heavy atom. The lowest BCUT2D eigenvalue weighted by atomic mass is 10.1. The number of carbonyl (C=O) groups excluding carboxylic acids is 2. The summed E-state index contributed by atoms with van der Waals surface area (Å²) < 4.78 is 24.8. The van der Waals surface area contributed by atoms with Crippen molar-refractivity contribution in [1.29, 1.82) is 0 Å². The Bertz CT molecular complexity index is 942. The van der Waals surface area contributed by atoms with Crippen molar-refractivity contribution in [3.63, 3.8) is 0 Å². The normalized spacial score (nSPS) is 13.2. The Morgan fingerprint density at radius 3 is 2.54 bits per heavy atom. The second-order valence-electron chi connectivity index (χ2n) is 6.03. The maximum Gasteiger partial charge on any atom is 0.251 e. The molecule has 2 amide bonds. The zero-order valence-corrected chi connectivity index (χ0v) is 15.0. The van der Waals surface area contributed by atoms with Crippen LogP contribution in [-0.2, 0) is 21.2 Å². The third-order valence-electron chi connectivity index (χ3n) is 4.06. The number of fused-ring (bicyclic) bond motifs is 1. The molecule has 1 heterocycles. The number of carbonyl (C=O) groups is 2. The van der Waals surface area contributed by atoms with Gasteiger partial charge in [-0.1, -0.05) is 18.2 Å². The SMILES string of the molecule is CS(=O)(=O)N1CCc2cc(NC(=O)CNC(=O)c3ccccc3)ccc21. The van der Waals surface area contributed by atoms with Crippen molar-refractivity contribution in [1.82, 2.24) is 5.32 Å². The monoisotopic (exact) mass is 373 g/mol. The molecule has 136 valence electrons. The first-order valence-electron chi connectivity index (χ1n) is 8.08. The van der Waals surface area contributed by atoms with Crippen molar-refractivity contribution in [3.8, 4) is 0 Å². The highest BCUT2D eigenvalue weighted by Gasteiger charge is 2.26. The molecule has 0 atom stereocenters. The molecule has 8 heteroatoms. The zero-order valence-electron chi connectivity index (χ0n) is 14.2. The fourth-order valence-corrected chi connectivity index (χ4v) is 3.81. The van der Waals surface area contributed by atoms with E-state index >= 15 is 0 Å². The van der Waals surface area contributed by atoms with Crippen LogP contribution in [0, 0.1) is 0 Å². The van der Waals surface area contributed by atoms with E-state index in [1.54, 1.807) is 42.5 Å². The lowest BCUT2D eigenvalue weighted by Crippen LogP contribution is -2.32. The fourth-order valence-electron chi connectivity index (χ4n) is 2.85. The van der Waals surface area contributed by atoms with Gasteiger partial charge in [-0.2, -0.15) is 0 Å². The molecule has 0 bridgehead atoms. The highest BCUT2D eigenvalue weighted by Crippen LogP contribution is 2.32. The minimum absolute atomic E-state index is 0.153. The van der Waals surface area contributed by atoms with Crippen LogP contribution in [0.15, 0.2) is 48.5 Å². The summed E-state index contributed by atoms with van der Waals surface area (Å²) in [7, 11) is -3.30. The molecular weight excluding hydrogens is 354 g/mol. The molecule has 26 heavy (non-hydrogen) atoms. The summed E-state index contributed by atoms with van der Waals surface area (Å²) >= 11 is 0. The van der Waals surface area contributed by atoms with Crippen LogP contribution in [-0.4, -0.2) is 39.6 Å². The van der Waals surface area contributed by atoms with E-state index in [9.17, 15) is 18.0 Å². The number of amides is 2. The second kappa shape index (κ2) is 7.17. The maximum absolute atomic E-state index is 12.0. The highest BCUT2D eigenvalue weighted by molar-refractivity contribution is 7.92. The third kappa shape index (κ3) is 4.02. The molecule has 0 fully saturated rings. The Labute approximate surface area is 152 Å². The minimum Gasteiger partial charge on any atom is -0.343 e. The van der Waals surface area contributed by atoms with Crippen LogP contribution in [0.2, 0.25) is 0 Å². The molecule has 2 aromatic carbocycles. The number of rotatable bonds is 5. The molecule has 0 saturated carbocycles. The smallest absolute Gasteiger partial charge is 0.251 e. The first-order chi connectivity index (χ1) is 12.3. The van der Waals surface area contributed by atoms with Crippen LogP contribution >= 0.6 is 0 Å². The standard InChI is InChI=1S/C18H19N3O4S/c1-26(24,25)21-10-9-14-11-15(7-8-16(14)21)20-17(22)12-19-18(23)13-5-3-2-4-6-13/h2-8,11H,9-10,12H2,1H3,(H,19,23)(H,20,22). The molecule has 1 aliphatic heterocycles. The van der Waals surface area contributed by atoms with Gasteiger partial charge in [-0.3, -0.25) is 13.9 Å². The van der Waals surface area contributed by atoms with Crippen LogP contribution in [0.4, 0.5) is 11.4 Å². The molecule has 2 N–H and O–H groups in total. The number of anilines is 2. The van der Waals surface area contributed by atoms with Crippen molar-refractivity contribution in [2.75, 3.05) is 29.0 Å². The van der Waals surface area contributed by atoms with Gasteiger partial charge in [-0.25, -0.2) is 8.42 Å². The van der Waals surface area contributed by atoms with Gasteiger partial charge in [0.25, 0.3) is 5.91 Å². The Kier molecular flexibility index (Phi) is 4.94. The Hall–Kier alpha value is -2.87.